The number of ketones is 1. The summed E-state index contributed by atoms with van der Waals surface area (Å²) < 4.78 is 1.64. The smallest absolute Gasteiger partial charge is 0.248 e. The number of hydrogen-bond acceptors (Lipinski definition) is 5. The second kappa shape index (κ2) is 4.89. The molecule has 1 aliphatic carbocycles. The molecule has 2 aromatic rings. The first-order valence-corrected chi connectivity index (χ1v) is 7.90. The highest BCUT2D eigenvalue weighted by Gasteiger charge is 2.42. The van der Waals surface area contributed by atoms with Gasteiger partial charge in [0.25, 0.3) is 0 Å². The molecule has 0 bridgehead atoms. The minimum Gasteiger partial charge on any atom is -0.326 e. The number of carbonyl (C=O) groups excluding carboxylic acids is 1. The Hall–Kier alpha value is -2.21. The van der Waals surface area contributed by atoms with Gasteiger partial charge in [0.05, 0.1) is 0 Å². The lowest BCUT2D eigenvalue weighted by Crippen LogP contribution is -2.36. The zero-order valence-electron chi connectivity index (χ0n) is 12.9. The molecule has 4 rings (SSSR count). The topological polar surface area (TPSA) is 72.7 Å². The van der Waals surface area contributed by atoms with E-state index in [1.807, 2.05) is 24.3 Å². The van der Waals surface area contributed by atoms with Gasteiger partial charge in [-0.25, -0.2) is 0 Å². The summed E-state index contributed by atoms with van der Waals surface area (Å²) in [6, 6.07) is 7.13. The van der Waals surface area contributed by atoms with Crippen LogP contribution in [0.4, 0.5) is 5.95 Å². The lowest BCUT2D eigenvalue weighted by atomic mass is 9.73. The number of tetrazole rings is 1. The largest absolute Gasteiger partial charge is 0.326 e. The molecule has 0 saturated heterocycles. The predicted molar refractivity (Wildman–Crippen MR) is 86.1 cm³/mol. The molecule has 0 spiro atoms. The number of nitrogens with one attached hydrogen (secondary N) is 1. The molecule has 2 heterocycles. The third-order valence-corrected chi connectivity index (χ3v) is 4.74. The van der Waals surface area contributed by atoms with Crippen molar-refractivity contribution in [1.82, 2.24) is 20.2 Å². The second-order valence-corrected chi connectivity index (χ2v) is 7.24. The molecular weight excluding hydrogens is 314 g/mol. The number of rotatable bonds is 1. The number of carbonyl (C=O) groups is 1. The van der Waals surface area contributed by atoms with E-state index in [9.17, 15) is 4.79 Å². The van der Waals surface area contributed by atoms with Gasteiger partial charge in [0.15, 0.2) is 5.78 Å². The minimum atomic E-state index is -0.381. The van der Waals surface area contributed by atoms with E-state index in [0.717, 1.165) is 23.3 Å². The van der Waals surface area contributed by atoms with Gasteiger partial charge in [-0.3, -0.25) is 4.79 Å². The van der Waals surface area contributed by atoms with Crippen molar-refractivity contribution < 1.29 is 4.79 Å². The van der Waals surface area contributed by atoms with Gasteiger partial charge >= 0.3 is 0 Å². The predicted octanol–water partition coefficient (Wildman–Crippen LogP) is 2.98. The van der Waals surface area contributed by atoms with Crippen LogP contribution in [-0.2, 0) is 4.79 Å². The Morgan fingerprint density at radius 3 is 2.87 bits per heavy atom. The highest BCUT2D eigenvalue weighted by atomic mass is 35.5. The van der Waals surface area contributed by atoms with Crippen LogP contribution in [0.2, 0.25) is 5.02 Å². The van der Waals surface area contributed by atoms with Crippen LogP contribution in [0, 0.1) is 5.41 Å². The fourth-order valence-electron chi connectivity index (χ4n) is 3.45. The number of allylic oxidation sites excluding steroid dienone is 2. The van der Waals surface area contributed by atoms with E-state index >= 15 is 0 Å². The maximum atomic E-state index is 12.8. The molecule has 1 atom stereocenters. The summed E-state index contributed by atoms with van der Waals surface area (Å²) in [7, 11) is 0. The van der Waals surface area contributed by atoms with Gasteiger partial charge in [-0.1, -0.05) is 48.7 Å². The fourth-order valence-corrected chi connectivity index (χ4v) is 3.69. The molecule has 0 radical (unpaired) electrons. The van der Waals surface area contributed by atoms with Gasteiger partial charge in [0.1, 0.15) is 6.04 Å². The van der Waals surface area contributed by atoms with Crippen molar-refractivity contribution in [2.45, 2.75) is 32.7 Å². The zero-order valence-corrected chi connectivity index (χ0v) is 13.6. The third kappa shape index (κ3) is 2.25. The number of hydrogen-bond donors (Lipinski definition) is 1. The number of Topliss-reactive ketones (excluding diaryl/α,β-unsaturated/α-hetero) is 1. The SMILES string of the molecule is CC1(C)CC(=O)C2=C(C1)Nc1nnnn1C2c1ccccc1Cl. The highest BCUT2D eigenvalue weighted by molar-refractivity contribution is 6.31. The van der Waals surface area contributed by atoms with Crippen molar-refractivity contribution in [3.8, 4) is 0 Å². The Morgan fingerprint density at radius 2 is 2.09 bits per heavy atom. The summed E-state index contributed by atoms with van der Waals surface area (Å²) in [5.41, 5.74) is 2.38. The van der Waals surface area contributed by atoms with E-state index in [2.05, 4.69) is 34.7 Å². The van der Waals surface area contributed by atoms with Crippen molar-refractivity contribution in [3.05, 3.63) is 46.1 Å². The zero-order chi connectivity index (χ0) is 16.2. The van der Waals surface area contributed by atoms with Crippen LogP contribution in [0.1, 0.15) is 38.3 Å². The molecule has 1 N–H and O–H groups in total. The first kappa shape index (κ1) is 14.4. The van der Waals surface area contributed by atoms with E-state index in [1.165, 1.54) is 0 Å². The molecule has 1 aromatic heterocycles. The van der Waals surface area contributed by atoms with E-state index in [1.54, 1.807) is 4.68 Å². The average Bonchev–Trinajstić information content (AvgIpc) is 2.92. The van der Waals surface area contributed by atoms with Crippen molar-refractivity contribution in [1.29, 1.82) is 0 Å². The van der Waals surface area contributed by atoms with Gasteiger partial charge in [-0.2, -0.15) is 4.68 Å². The Morgan fingerprint density at radius 1 is 1.30 bits per heavy atom. The van der Waals surface area contributed by atoms with Gasteiger partial charge in [0, 0.05) is 28.3 Å². The van der Waals surface area contributed by atoms with Crippen molar-refractivity contribution >= 4 is 23.3 Å². The molecular formula is C16H16ClN5O. The Labute approximate surface area is 138 Å². The van der Waals surface area contributed by atoms with Crippen LogP contribution in [0.3, 0.4) is 0 Å². The van der Waals surface area contributed by atoms with Crippen LogP contribution in [-0.4, -0.2) is 26.0 Å². The number of aromatic nitrogens is 4. The molecule has 0 saturated carbocycles. The summed E-state index contributed by atoms with van der Waals surface area (Å²) in [4.78, 5) is 12.8. The Kier molecular flexibility index (Phi) is 3.06. The van der Waals surface area contributed by atoms with Crippen LogP contribution in [0.15, 0.2) is 35.5 Å². The molecule has 1 unspecified atom stereocenters. The molecule has 23 heavy (non-hydrogen) atoms. The number of nitrogens with zero attached hydrogens (tertiary/aromatic N) is 4. The van der Waals surface area contributed by atoms with Crippen molar-refractivity contribution in [2.24, 2.45) is 5.41 Å². The lowest BCUT2D eigenvalue weighted by molar-refractivity contribution is -0.118. The number of benzene rings is 1. The summed E-state index contributed by atoms with van der Waals surface area (Å²) >= 11 is 6.39. The van der Waals surface area contributed by atoms with E-state index in [0.29, 0.717) is 17.4 Å². The van der Waals surface area contributed by atoms with Gasteiger partial charge < -0.3 is 5.32 Å². The summed E-state index contributed by atoms with van der Waals surface area (Å²) in [6.45, 7) is 4.19. The monoisotopic (exact) mass is 329 g/mol. The number of halogens is 1. The fraction of sp³-hybridized carbons (Fsp3) is 0.375. The summed E-state index contributed by atoms with van der Waals surface area (Å²) in [5.74, 6) is 0.661. The van der Waals surface area contributed by atoms with Crippen molar-refractivity contribution in [2.75, 3.05) is 5.32 Å². The van der Waals surface area contributed by atoms with Gasteiger partial charge in [0.2, 0.25) is 5.95 Å². The Bertz CT molecular complexity index is 839. The Balaban J connectivity index is 1.94. The molecule has 0 amide bonds. The lowest BCUT2D eigenvalue weighted by Gasteiger charge is -2.38. The molecule has 0 fully saturated rings. The number of fused-ring (bicyclic) bond motifs is 1. The van der Waals surface area contributed by atoms with Gasteiger partial charge in [-0.05, 0) is 28.3 Å². The van der Waals surface area contributed by atoms with Crippen LogP contribution in [0.25, 0.3) is 0 Å². The molecule has 1 aromatic carbocycles. The molecule has 1 aliphatic heterocycles. The summed E-state index contributed by atoms with van der Waals surface area (Å²) in [6.07, 6.45) is 1.29. The van der Waals surface area contributed by atoms with E-state index in [-0.39, 0.29) is 17.2 Å². The van der Waals surface area contributed by atoms with Gasteiger partial charge in [-0.15, -0.1) is 0 Å². The average molecular weight is 330 g/mol. The first-order chi connectivity index (χ1) is 11.0. The second-order valence-electron chi connectivity index (χ2n) is 6.83. The van der Waals surface area contributed by atoms with Crippen LogP contribution in [0.5, 0.6) is 0 Å². The maximum Gasteiger partial charge on any atom is 0.248 e. The minimum absolute atomic E-state index is 0.0798. The van der Waals surface area contributed by atoms with Crippen molar-refractivity contribution in [3.63, 3.8) is 0 Å². The number of anilines is 1. The molecule has 2 aliphatic rings. The standard InChI is InChI=1S/C16H16ClN5O/c1-16(2)7-11-13(12(23)8-16)14(9-5-3-4-6-10(9)17)22-15(18-11)19-20-21-22/h3-6,14H,7-8H2,1-2H3,(H,18,19,21). The third-order valence-electron chi connectivity index (χ3n) is 4.39. The highest BCUT2D eigenvalue weighted by Crippen LogP contribution is 2.45. The van der Waals surface area contributed by atoms with E-state index < -0.39 is 0 Å². The summed E-state index contributed by atoms with van der Waals surface area (Å²) in [5, 5.41) is 15.7. The molecule has 6 nitrogen and oxygen atoms in total. The quantitative estimate of drug-likeness (QED) is 0.870. The molecule has 118 valence electrons. The van der Waals surface area contributed by atoms with Crippen LogP contribution < -0.4 is 5.32 Å². The molecule has 7 heteroatoms. The first-order valence-electron chi connectivity index (χ1n) is 7.52. The van der Waals surface area contributed by atoms with Crippen LogP contribution >= 0.6 is 11.6 Å². The maximum absolute atomic E-state index is 12.8. The normalized spacial score (nSPS) is 22.4. The van der Waals surface area contributed by atoms with E-state index in [4.69, 9.17) is 11.6 Å².